The number of hydrogen-bond acceptors (Lipinski definition) is 6. The van der Waals surface area contributed by atoms with E-state index in [4.69, 9.17) is 0 Å². The van der Waals surface area contributed by atoms with Gasteiger partial charge in [0.1, 0.15) is 0 Å². The van der Waals surface area contributed by atoms with E-state index < -0.39 is 7.60 Å². The molecule has 8 nitrogen and oxygen atoms in total. The summed E-state index contributed by atoms with van der Waals surface area (Å²) in [5, 5.41) is 0. The quantitative estimate of drug-likeness (QED) is 0.330. The van der Waals surface area contributed by atoms with Crippen LogP contribution in [-0.2, 0) is 11.1 Å². The molecule has 0 aliphatic carbocycles. The number of hydrogen-bond donors (Lipinski definition) is 1. The van der Waals surface area contributed by atoms with Crippen LogP contribution in [0.1, 0.15) is 12.8 Å². The van der Waals surface area contributed by atoms with Gasteiger partial charge in [-0.2, -0.15) is 0 Å². The Bertz CT molecular complexity index is 708. The molecule has 102 valence electrons. The van der Waals surface area contributed by atoms with Gasteiger partial charge >= 0.3 is 59.1 Å². The minimum Gasteiger partial charge on any atom is -0.808 e. The minimum atomic E-state index is -4.57. The van der Waals surface area contributed by atoms with Crippen LogP contribution in [0.2, 0.25) is 0 Å². The molecule has 0 aliphatic heterocycles. The summed E-state index contributed by atoms with van der Waals surface area (Å²) in [5.41, 5.74) is 0.440. The van der Waals surface area contributed by atoms with Gasteiger partial charge in [0.25, 0.3) is 5.56 Å². The topological polar surface area (TPSA) is 127 Å². The fourth-order valence-corrected chi connectivity index (χ4v) is 2.05. The van der Waals surface area contributed by atoms with Crippen molar-refractivity contribution in [2.45, 2.75) is 19.4 Å². The predicted octanol–water partition coefficient (Wildman–Crippen LogP) is -6.66. The van der Waals surface area contributed by atoms with Gasteiger partial charge in [-0.15, -0.1) is 0 Å². The van der Waals surface area contributed by atoms with E-state index in [1.807, 2.05) is 0 Å². The van der Waals surface area contributed by atoms with Crippen molar-refractivity contribution in [3.8, 4) is 0 Å². The van der Waals surface area contributed by atoms with Gasteiger partial charge in [0, 0.05) is 6.54 Å². The number of aromatic amines is 1. The fraction of sp³-hybridized carbons (Fsp3) is 0.300. The Balaban J connectivity index is 0.00000200. The van der Waals surface area contributed by atoms with Gasteiger partial charge in [-0.25, -0.2) is 9.97 Å². The first-order chi connectivity index (χ1) is 8.97. The van der Waals surface area contributed by atoms with Crippen molar-refractivity contribution in [3.05, 3.63) is 34.9 Å². The Kier molecular flexibility index (Phi) is 9.50. The monoisotopic (exact) mass is 328 g/mol. The van der Waals surface area contributed by atoms with Crippen LogP contribution < -0.4 is 74.5 Å². The molecule has 2 aromatic rings. The van der Waals surface area contributed by atoms with E-state index in [-0.39, 0.29) is 70.2 Å². The van der Waals surface area contributed by atoms with Crippen molar-refractivity contribution in [1.82, 2.24) is 19.5 Å². The summed E-state index contributed by atoms with van der Waals surface area (Å²) in [5.74, 6) is 0.669. The Hall–Kier alpha value is 0.240. The van der Waals surface area contributed by atoms with Crippen LogP contribution in [0, 0.1) is 0 Å². The number of nitrogens with zero attached hydrogens (tertiary/aromatic N) is 3. The molecule has 0 saturated carbocycles. The van der Waals surface area contributed by atoms with Crippen LogP contribution in [-0.4, -0.2) is 19.5 Å². The molecule has 0 fully saturated rings. The second-order valence-electron chi connectivity index (χ2n) is 3.91. The van der Waals surface area contributed by atoms with Gasteiger partial charge < -0.3 is 23.9 Å². The zero-order valence-corrected chi connectivity index (χ0v) is 16.7. The van der Waals surface area contributed by atoms with Crippen LogP contribution in [0.15, 0.2) is 29.3 Å². The third-order valence-electron chi connectivity index (χ3n) is 2.47. The molecular weight excluding hydrogens is 317 g/mol. The Morgan fingerprint density at radius 3 is 2.71 bits per heavy atom. The SMILES string of the molecule is O=c1[nH]cnc2c1ncn2CCC/C=C/P(=O)([O-])[O-].[Na+].[Na+]. The van der Waals surface area contributed by atoms with E-state index in [9.17, 15) is 19.1 Å². The second-order valence-corrected chi connectivity index (χ2v) is 5.29. The third-order valence-corrected chi connectivity index (χ3v) is 3.04. The summed E-state index contributed by atoms with van der Waals surface area (Å²) in [4.78, 5) is 42.5. The van der Waals surface area contributed by atoms with Gasteiger partial charge in [-0.05, 0) is 20.4 Å². The average molecular weight is 328 g/mol. The molecular formula is C10H11N4Na2O4P. The largest absolute Gasteiger partial charge is 1.00 e. The zero-order chi connectivity index (χ0) is 13.9. The van der Waals surface area contributed by atoms with Gasteiger partial charge in [0.15, 0.2) is 11.2 Å². The molecule has 0 radical (unpaired) electrons. The maximum absolute atomic E-state index is 11.4. The van der Waals surface area contributed by atoms with Crippen molar-refractivity contribution >= 4 is 18.8 Å². The molecule has 2 aromatic heterocycles. The van der Waals surface area contributed by atoms with E-state index in [2.05, 4.69) is 15.0 Å². The van der Waals surface area contributed by atoms with Crippen LogP contribution in [0.25, 0.3) is 11.2 Å². The maximum atomic E-state index is 11.4. The molecule has 11 heteroatoms. The molecule has 0 saturated heterocycles. The zero-order valence-electron chi connectivity index (χ0n) is 11.9. The minimum absolute atomic E-state index is 0. The summed E-state index contributed by atoms with van der Waals surface area (Å²) in [7, 11) is -4.57. The maximum Gasteiger partial charge on any atom is 1.00 e. The summed E-state index contributed by atoms with van der Waals surface area (Å²) in [6, 6.07) is 0. The van der Waals surface area contributed by atoms with Crippen LogP contribution in [0.3, 0.4) is 0 Å². The number of unbranched alkanes of at least 4 members (excludes halogenated alkanes) is 1. The predicted molar refractivity (Wildman–Crippen MR) is 64.1 cm³/mol. The molecule has 1 N–H and O–H groups in total. The normalized spacial score (nSPS) is 11.3. The van der Waals surface area contributed by atoms with Gasteiger partial charge in [-0.1, -0.05) is 11.9 Å². The number of rotatable bonds is 5. The van der Waals surface area contributed by atoms with Gasteiger partial charge in [-0.3, -0.25) is 4.79 Å². The molecule has 0 unspecified atom stereocenters. The van der Waals surface area contributed by atoms with Crippen LogP contribution in [0.4, 0.5) is 0 Å². The van der Waals surface area contributed by atoms with Crippen molar-refractivity contribution < 1.29 is 73.5 Å². The van der Waals surface area contributed by atoms with Crippen molar-refractivity contribution in [3.63, 3.8) is 0 Å². The van der Waals surface area contributed by atoms with Crippen LogP contribution in [0.5, 0.6) is 0 Å². The van der Waals surface area contributed by atoms with E-state index in [1.165, 1.54) is 18.7 Å². The summed E-state index contributed by atoms with van der Waals surface area (Å²) in [6.07, 6.45) is 5.17. The van der Waals surface area contributed by atoms with E-state index in [0.29, 0.717) is 30.9 Å². The van der Waals surface area contributed by atoms with E-state index in [0.717, 1.165) is 0 Å². The Labute approximate surface area is 164 Å². The van der Waals surface area contributed by atoms with Crippen LogP contribution >= 0.6 is 7.60 Å². The molecule has 21 heavy (non-hydrogen) atoms. The first-order valence-electron chi connectivity index (χ1n) is 5.55. The Morgan fingerprint density at radius 1 is 1.33 bits per heavy atom. The van der Waals surface area contributed by atoms with Crippen molar-refractivity contribution in [2.24, 2.45) is 0 Å². The van der Waals surface area contributed by atoms with Gasteiger partial charge in [0.05, 0.1) is 12.7 Å². The number of aromatic nitrogens is 4. The number of imidazole rings is 1. The van der Waals surface area contributed by atoms with Crippen molar-refractivity contribution in [1.29, 1.82) is 0 Å². The number of allylic oxidation sites excluding steroid dienone is 1. The molecule has 2 rings (SSSR count). The molecule has 0 atom stereocenters. The third kappa shape index (κ3) is 6.48. The van der Waals surface area contributed by atoms with Gasteiger partial charge in [0.2, 0.25) is 0 Å². The molecule has 0 bridgehead atoms. The molecule has 0 aliphatic rings. The molecule has 0 aromatic carbocycles. The standard InChI is InChI=1S/C10H13N4O4P.2Na/c15-10-8-9(11-6-12-10)14(7-13-8)4-2-1-3-5-19(16,17)18;;/h3,5-7H,1-2,4H2,(H,11,12,15)(H2,16,17,18);;/q;2*+1/p-2/b5-3+;;. The summed E-state index contributed by atoms with van der Waals surface area (Å²) >= 11 is 0. The summed E-state index contributed by atoms with van der Waals surface area (Å²) < 4.78 is 12.1. The van der Waals surface area contributed by atoms with Crippen molar-refractivity contribution in [2.75, 3.05) is 0 Å². The number of H-pyrrole nitrogens is 1. The number of fused-ring (bicyclic) bond motifs is 1. The molecule has 0 amide bonds. The molecule has 0 spiro atoms. The fourth-order valence-electron chi connectivity index (χ4n) is 1.64. The van der Waals surface area contributed by atoms with E-state index in [1.54, 1.807) is 4.57 Å². The smallest absolute Gasteiger partial charge is 0.808 e. The average Bonchev–Trinajstić information content (AvgIpc) is 2.72. The molecule has 2 heterocycles. The Morgan fingerprint density at radius 2 is 2.05 bits per heavy atom. The summed E-state index contributed by atoms with van der Waals surface area (Å²) in [6.45, 7) is 0.527. The second kappa shape index (κ2) is 9.39. The first kappa shape index (κ1) is 21.2. The first-order valence-corrected chi connectivity index (χ1v) is 7.16. The van der Waals surface area contributed by atoms with E-state index >= 15 is 0 Å². The number of aryl methyl sites for hydroxylation is 1. The number of nitrogens with one attached hydrogen (secondary N) is 1.